The number of hydrogen-bond donors (Lipinski definition) is 3. The molecule has 15 nitrogen and oxygen atoms in total. The van der Waals surface area contributed by atoms with Gasteiger partial charge in [-0.05, 0) is 157 Å². The fraction of sp³-hybridized carbons (Fsp3) is 0.344. The summed E-state index contributed by atoms with van der Waals surface area (Å²) in [4.78, 5) is 52.4. The van der Waals surface area contributed by atoms with Crippen LogP contribution in [0.1, 0.15) is 91.5 Å². The lowest BCUT2D eigenvalue weighted by Crippen LogP contribution is -2.36. The molecule has 422 valence electrons. The van der Waals surface area contributed by atoms with Crippen LogP contribution in [0.15, 0.2) is 141 Å². The van der Waals surface area contributed by atoms with E-state index in [1.165, 1.54) is 0 Å². The van der Waals surface area contributed by atoms with E-state index in [9.17, 15) is 19.2 Å². The topological polar surface area (TPSA) is 184 Å². The Morgan fingerprint density at radius 2 is 1.10 bits per heavy atom. The Hall–Kier alpha value is -8.30. The Bertz CT molecular complexity index is 2990. The van der Waals surface area contributed by atoms with E-state index >= 15 is 0 Å². The molecule has 1 aromatic heterocycles. The summed E-state index contributed by atoms with van der Waals surface area (Å²) in [6.45, 7) is 19.6. The van der Waals surface area contributed by atoms with E-state index < -0.39 is 5.91 Å². The third-order valence-electron chi connectivity index (χ3n) is 13.6. The maximum atomic E-state index is 12.1. The van der Waals surface area contributed by atoms with Crippen molar-refractivity contribution in [2.75, 3.05) is 83.0 Å². The molecule has 0 spiro atoms. The van der Waals surface area contributed by atoms with Crippen molar-refractivity contribution >= 4 is 57.3 Å². The van der Waals surface area contributed by atoms with Gasteiger partial charge >= 0.3 is 0 Å². The maximum Gasteiger partial charge on any atom is 0.248 e. The molecule has 15 heteroatoms. The normalized spacial score (nSPS) is 11.9. The van der Waals surface area contributed by atoms with Crippen LogP contribution in [-0.2, 0) is 40.1 Å². The van der Waals surface area contributed by atoms with Crippen LogP contribution < -0.4 is 45.5 Å². The molecule has 0 aliphatic carbocycles. The van der Waals surface area contributed by atoms with E-state index in [0.717, 1.165) is 137 Å². The predicted octanol–water partition coefficient (Wildman–Crippen LogP) is 11.6. The highest BCUT2D eigenvalue weighted by atomic mass is 16.5. The molecule has 79 heavy (non-hydrogen) atoms. The van der Waals surface area contributed by atoms with Crippen LogP contribution in [0.25, 0.3) is 10.9 Å². The molecule has 6 aromatic rings. The number of nitrogens with zero attached hydrogens (tertiary/aromatic N) is 4. The highest BCUT2D eigenvalue weighted by Crippen LogP contribution is 2.31. The van der Waals surface area contributed by atoms with Gasteiger partial charge in [-0.2, -0.15) is 0 Å². The number of aromatic nitrogens is 1. The summed E-state index contributed by atoms with van der Waals surface area (Å²) in [6, 6.07) is 31.1. The zero-order chi connectivity index (χ0) is 58.0. The Labute approximate surface area is 468 Å². The monoisotopic (exact) mass is 1080 g/mol. The van der Waals surface area contributed by atoms with Crippen molar-refractivity contribution in [2.24, 2.45) is 5.73 Å². The molecule has 7 rings (SSSR count). The van der Waals surface area contributed by atoms with Crippen LogP contribution in [0.5, 0.6) is 23.0 Å². The molecule has 0 saturated carbocycles. The molecule has 0 atom stereocenters. The third-order valence-corrected chi connectivity index (χ3v) is 13.6. The van der Waals surface area contributed by atoms with Crippen LogP contribution >= 0.6 is 0 Å². The molecule has 0 unspecified atom stereocenters. The fourth-order valence-electron chi connectivity index (χ4n) is 9.07. The zero-order valence-electron chi connectivity index (χ0n) is 47.9. The average molecular weight is 1080 g/mol. The van der Waals surface area contributed by atoms with Crippen LogP contribution in [-0.4, -0.2) is 95.3 Å². The number of ether oxygens (including phenoxy) is 4. The van der Waals surface area contributed by atoms with Gasteiger partial charge in [0.25, 0.3) is 0 Å². The minimum atomic E-state index is -0.394. The second-order valence-corrected chi connectivity index (χ2v) is 18.8. The van der Waals surface area contributed by atoms with Crippen molar-refractivity contribution in [2.45, 2.75) is 84.6 Å². The number of fused-ring (bicyclic) bond motifs is 1. The Morgan fingerprint density at radius 1 is 0.620 bits per heavy atom. The summed E-state index contributed by atoms with van der Waals surface area (Å²) in [5.74, 6) is 3.17. The van der Waals surface area contributed by atoms with Crippen LogP contribution in [0.4, 0.5) is 22.7 Å². The van der Waals surface area contributed by atoms with E-state index in [2.05, 4.69) is 52.9 Å². The lowest BCUT2D eigenvalue weighted by atomic mass is 10.0. The van der Waals surface area contributed by atoms with Gasteiger partial charge in [-0.25, -0.2) is 0 Å². The van der Waals surface area contributed by atoms with Crippen LogP contribution in [0.2, 0.25) is 0 Å². The van der Waals surface area contributed by atoms with Gasteiger partial charge in [0.05, 0.1) is 28.4 Å². The first-order chi connectivity index (χ1) is 38.0. The van der Waals surface area contributed by atoms with Crippen molar-refractivity contribution in [1.29, 1.82) is 0 Å². The number of piperidine rings is 1. The van der Waals surface area contributed by atoms with Gasteiger partial charge in [-0.3, -0.25) is 19.2 Å². The molecule has 1 aliphatic heterocycles. The molecule has 1 aliphatic rings. The quantitative estimate of drug-likeness (QED) is 0.0463. The zero-order valence-corrected chi connectivity index (χ0v) is 47.9. The number of hydrogen-bond acceptors (Lipinski definition) is 10. The number of nitrogens with one attached hydrogen (secondary N) is 1. The summed E-state index contributed by atoms with van der Waals surface area (Å²) in [5.41, 5.74) is 20.3. The molecule has 0 radical (unpaired) electrons. The fourth-order valence-corrected chi connectivity index (χ4v) is 9.07. The molecule has 2 heterocycles. The SMILES string of the molecule is C=CCc1cc(N(C)C(=O)CC)ccc1OC.C=CCc1cc(N)ccc1OC.C=CCc1cc(NC(=O)CC)ccc1OC.CCC(=O)N(C)c1ccc(OC)c(CCN2CCC(n3ccc4ccc(C(N)=O)cc43)CC2)c1. The standard InChI is InChI=1S/C27H34N4O3.C14H19NO2.C13H17NO2.C10H13NO/c1-4-26(32)29(2)23-7-8-25(34-3)20(17-23)9-13-30-14-11-22(12-15-30)31-16-10-19-5-6-21(27(28)33)18-24(19)31;1-5-7-11-10-12(8-9-13(11)17-4)15(3)14(16)6-2;1-4-6-10-9-11(14-13(15)5-2)7-8-12(10)16-3;1-3-4-8-7-9(11)5-6-10(8)12-2/h5-8,10,16-18,22H,4,9,11-15H2,1-3H3,(H2,28,33);5,8-10H,1,6-7H2,2-4H3;4,7-9H,1,5-6H2,2-3H3,(H,14,15);3,5-7H,1,4,11H2,2H3. The molecule has 0 bridgehead atoms. The van der Waals surface area contributed by atoms with E-state index in [4.69, 9.17) is 30.4 Å². The Balaban J connectivity index is 0.000000251. The van der Waals surface area contributed by atoms with E-state index in [-0.39, 0.29) is 17.7 Å². The highest BCUT2D eigenvalue weighted by Gasteiger charge is 2.23. The number of likely N-dealkylation sites (tertiary alicyclic amines) is 1. The number of benzene rings is 5. The summed E-state index contributed by atoms with van der Waals surface area (Å²) < 4.78 is 23.5. The summed E-state index contributed by atoms with van der Waals surface area (Å²) >= 11 is 0. The van der Waals surface area contributed by atoms with Crippen LogP contribution in [0, 0.1) is 0 Å². The molecular formula is C64H83N7O8. The van der Waals surface area contributed by atoms with Crippen LogP contribution in [0.3, 0.4) is 0 Å². The molecule has 1 saturated heterocycles. The number of nitrogen functional groups attached to an aromatic ring is 1. The number of methoxy groups -OCH3 is 4. The summed E-state index contributed by atoms with van der Waals surface area (Å²) in [6.07, 6.45) is 14.2. The number of primary amides is 1. The third kappa shape index (κ3) is 18.4. The minimum Gasteiger partial charge on any atom is -0.496 e. The van der Waals surface area contributed by atoms with Gasteiger partial charge in [0.2, 0.25) is 23.6 Å². The molecule has 4 amide bonds. The summed E-state index contributed by atoms with van der Waals surface area (Å²) in [5, 5.41) is 3.94. The number of rotatable bonds is 21. The molecule has 5 aromatic carbocycles. The number of nitrogens with two attached hydrogens (primary N) is 2. The summed E-state index contributed by atoms with van der Waals surface area (Å²) in [7, 11) is 10.2. The first-order valence-electron chi connectivity index (χ1n) is 26.7. The van der Waals surface area contributed by atoms with Crippen molar-refractivity contribution in [1.82, 2.24) is 9.47 Å². The number of amides is 4. The lowest BCUT2D eigenvalue weighted by Gasteiger charge is -2.33. The van der Waals surface area contributed by atoms with Gasteiger partial charge < -0.3 is 55.0 Å². The second-order valence-electron chi connectivity index (χ2n) is 18.8. The van der Waals surface area contributed by atoms with E-state index in [1.54, 1.807) is 51.4 Å². The largest absolute Gasteiger partial charge is 0.496 e. The highest BCUT2D eigenvalue weighted by molar-refractivity contribution is 5.97. The van der Waals surface area contributed by atoms with Gasteiger partial charge in [-0.1, -0.05) is 45.1 Å². The van der Waals surface area contributed by atoms with Crippen molar-refractivity contribution in [3.63, 3.8) is 0 Å². The molecular weight excluding hydrogens is 995 g/mol. The molecule has 5 N–H and O–H groups in total. The number of allylic oxidation sites excluding steroid dienone is 3. The lowest BCUT2D eigenvalue weighted by molar-refractivity contribution is -0.118. The number of anilines is 4. The first-order valence-corrected chi connectivity index (χ1v) is 26.7. The second kappa shape index (κ2) is 32.4. The van der Waals surface area contributed by atoms with E-state index in [1.807, 2.05) is 125 Å². The predicted molar refractivity (Wildman–Crippen MR) is 323 cm³/mol. The minimum absolute atomic E-state index is 0.00900. The number of carbonyl (C=O) groups excluding carboxylic acids is 4. The maximum absolute atomic E-state index is 12.1. The van der Waals surface area contributed by atoms with Crippen molar-refractivity contribution < 1.29 is 38.1 Å². The van der Waals surface area contributed by atoms with Gasteiger partial charge in [0, 0.05) is 99.1 Å². The Kier molecular flexibility index (Phi) is 26.0. The number of carbonyl (C=O) groups is 4. The van der Waals surface area contributed by atoms with E-state index in [0.29, 0.717) is 30.9 Å². The Morgan fingerprint density at radius 3 is 1.59 bits per heavy atom. The first kappa shape index (κ1) is 63.2. The smallest absolute Gasteiger partial charge is 0.248 e. The average Bonchev–Trinajstić information content (AvgIpc) is 3.95. The van der Waals surface area contributed by atoms with Crippen molar-refractivity contribution in [3.8, 4) is 23.0 Å². The van der Waals surface area contributed by atoms with Gasteiger partial charge in [0.1, 0.15) is 23.0 Å². The van der Waals surface area contributed by atoms with Crippen molar-refractivity contribution in [3.05, 3.63) is 169 Å². The van der Waals surface area contributed by atoms with Gasteiger partial charge in [-0.15, -0.1) is 19.7 Å². The molecule has 1 fully saturated rings. The van der Waals surface area contributed by atoms with Gasteiger partial charge in [0.15, 0.2) is 0 Å².